The number of hydrogen-bond donors (Lipinski definition) is 0. The van der Waals surface area contributed by atoms with Gasteiger partial charge in [0.25, 0.3) is 15.6 Å². The average molecular weight is 419 g/mol. The zero-order valence-electron chi connectivity index (χ0n) is 12.5. The predicted molar refractivity (Wildman–Crippen MR) is 91.6 cm³/mol. The van der Waals surface area contributed by atoms with Crippen molar-refractivity contribution in [1.29, 1.82) is 0 Å². The second-order valence-corrected chi connectivity index (χ2v) is 9.98. The normalized spacial score (nSPS) is 16.3. The maximum Gasteiger partial charge on any atom is 0.254 e. The van der Waals surface area contributed by atoms with Crippen molar-refractivity contribution in [2.24, 2.45) is 7.05 Å². The molecule has 2 aromatic heterocycles. The smallest absolute Gasteiger partial charge is 0.254 e. The number of ether oxygens (including phenoxy) is 1. The first-order valence-corrected chi connectivity index (χ1v) is 9.92. The van der Waals surface area contributed by atoms with Gasteiger partial charge in [0.1, 0.15) is 16.1 Å². The van der Waals surface area contributed by atoms with E-state index in [0.717, 1.165) is 9.48 Å². The molecule has 0 atom stereocenters. The van der Waals surface area contributed by atoms with E-state index < -0.39 is 10.0 Å². The maximum absolute atomic E-state index is 12.4. The Morgan fingerprint density at radius 3 is 2.57 bits per heavy atom. The fourth-order valence-corrected chi connectivity index (χ4v) is 5.90. The molecule has 1 aliphatic rings. The summed E-state index contributed by atoms with van der Waals surface area (Å²) in [4.78, 5) is 11.7. The highest BCUT2D eigenvalue weighted by atomic mass is 79.9. The summed E-state index contributed by atoms with van der Waals surface area (Å²) in [6.45, 7) is 2.39. The van der Waals surface area contributed by atoms with Crippen molar-refractivity contribution < 1.29 is 13.2 Å². The van der Waals surface area contributed by atoms with E-state index in [1.54, 1.807) is 25.2 Å². The van der Waals surface area contributed by atoms with Crippen molar-refractivity contribution in [2.45, 2.75) is 17.2 Å². The number of hydrogen-bond acceptors (Lipinski definition) is 5. The molecule has 3 rings (SSSR count). The summed E-state index contributed by atoms with van der Waals surface area (Å²) in [5, 5.41) is 0. The fourth-order valence-electron chi connectivity index (χ4n) is 2.23. The van der Waals surface area contributed by atoms with Gasteiger partial charge in [-0.05, 0) is 41.1 Å². The molecule has 1 saturated heterocycles. The summed E-state index contributed by atoms with van der Waals surface area (Å²) in [7, 11) is -1.76. The summed E-state index contributed by atoms with van der Waals surface area (Å²) in [6.07, 6.45) is -0.236. The Balaban J connectivity index is 1.67. The number of rotatable bonds is 4. The zero-order valence-corrected chi connectivity index (χ0v) is 15.7. The van der Waals surface area contributed by atoms with E-state index in [9.17, 15) is 13.2 Å². The number of pyridine rings is 1. The molecule has 0 radical (unpaired) electrons. The standard InChI is InChI=1S/C14H15BrN2O4S2/c1-9-5-10(6-13(18)16(9)2)21-11-7-17(8-11)23(19,20)14-4-3-12(15)22-14/h3-6,11H,7-8H2,1-2H3. The highest BCUT2D eigenvalue weighted by Crippen LogP contribution is 2.31. The minimum Gasteiger partial charge on any atom is -0.487 e. The lowest BCUT2D eigenvalue weighted by molar-refractivity contribution is 0.0760. The van der Waals surface area contributed by atoms with Crippen molar-refractivity contribution in [3.05, 3.63) is 44.1 Å². The Kier molecular flexibility index (Phi) is 4.39. The van der Waals surface area contributed by atoms with Crippen LogP contribution in [0.5, 0.6) is 5.75 Å². The molecule has 0 aliphatic carbocycles. The molecule has 0 saturated carbocycles. The predicted octanol–water partition coefficient (Wildman–Crippen LogP) is 1.97. The second kappa shape index (κ2) is 6.04. The number of aromatic nitrogens is 1. The zero-order chi connectivity index (χ0) is 16.8. The molecule has 0 amide bonds. The summed E-state index contributed by atoms with van der Waals surface area (Å²) in [5.74, 6) is 0.478. The first-order chi connectivity index (χ1) is 10.8. The summed E-state index contributed by atoms with van der Waals surface area (Å²) >= 11 is 4.45. The van der Waals surface area contributed by atoms with Crippen LogP contribution >= 0.6 is 27.3 Å². The van der Waals surface area contributed by atoms with Crippen molar-refractivity contribution in [3.8, 4) is 5.75 Å². The van der Waals surface area contributed by atoms with Crippen LogP contribution in [-0.4, -0.2) is 36.5 Å². The van der Waals surface area contributed by atoms with Gasteiger partial charge in [0.15, 0.2) is 0 Å². The number of aryl methyl sites for hydroxylation is 1. The van der Waals surface area contributed by atoms with Crippen LogP contribution in [0.2, 0.25) is 0 Å². The van der Waals surface area contributed by atoms with E-state index >= 15 is 0 Å². The van der Waals surface area contributed by atoms with E-state index in [-0.39, 0.29) is 24.8 Å². The first kappa shape index (κ1) is 16.7. The molecule has 0 aromatic carbocycles. The topological polar surface area (TPSA) is 68.6 Å². The Bertz CT molecular complexity index is 898. The quantitative estimate of drug-likeness (QED) is 0.760. The van der Waals surface area contributed by atoms with E-state index in [1.807, 2.05) is 6.92 Å². The Hall–Kier alpha value is -1.16. The second-order valence-electron chi connectivity index (χ2n) is 5.35. The van der Waals surface area contributed by atoms with Crippen LogP contribution in [0.4, 0.5) is 0 Å². The van der Waals surface area contributed by atoms with E-state index in [2.05, 4.69) is 15.9 Å². The van der Waals surface area contributed by atoms with Crippen molar-refractivity contribution in [1.82, 2.24) is 8.87 Å². The van der Waals surface area contributed by atoms with Crippen LogP contribution in [0.15, 0.2) is 37.1 Å². The average Bonchev–Trinajstić information content (AvgIpc) is 2.86. The van der Waals surface area contributed by atoms with Gasteiger partial charge in [0.2, 0.25) is 0 Å². The molecule has 1 fully saturated rings. The van der Waals surface area contributed by atoms with Gasteiger partial charge < -0.3 is 9.30 Å². The third-order valence-corrected chi connectivity index (χ3v) is 7.66. The van der Waals surface area contributed by atoms with Crippen LogP contribution in [0.1, 0.15) is 5.69 Å². The van der Waals surface area contributed by atoms with Crippen molar-refractivity contribution in [2.75, 3.05) is 13.1 Å². The van der Waals surface area contributed by atoms with Gasteiger partial charge in [0, 0.05) is 18.8 Å². The minimum atomic E-state index is -3.45. The SMILES string of the molecule is Cc1cc(OC2CN(S(=O)(=O)c3ccc(Br)s3)C2)cc(=O)n1C. The third kappa shape index (κ3) is 3.23. The van der Waals surface area contributed by atoms with Crippen LogP contribution in [0.3, 0.4) is 0 Å². The van der Waals surface area contributed by atoms with Crippen molar-refractivity contribution >= 4 is 37.3 Å². The molecule has 0 N–H and O–H groups in total. The molecule has 1 aliphatic heterocycles. The largest absolute Gasteiger partial charge is 0.487 e. The summed E-state index contributed by atoms with van der Waals surface area (Å²) < 4.78 is 34.5. The van der Waals surface area contributed by atoms with Gasteiger partial charge in [-0.3, -0.25) is 4.79 Å². The molecule has 0 spiro atoms. The molecule has 0 unspecified atom stereocenters. The monoisotopic (exact) mass is 418 g/mol. The number of nitrogens with zero attached hydrogens (tertiary/aromatic N) is 2. The van der Waals surface area contributed by atoms with Gasteiger partial charge in [-0.15, -0.1) is 11.3 Å². The first-order valence-electron chi connectivity index (χ1n) is 6.87. The Labute approximate surface area is 146 Å². The van der Waals surface area contributed by atoms with Gasteiger partial charge in [-0.1, -0.05) is 0 Å². The highest BCUT2D eigenvalue weighted by molar-refractivity contribution is 9.11. The maximum atomic E-state index is 12.4. The van der Waals surface area contributed by atoms with Crippen LogP contribution in [0.25, 0.3) is 0 Å². The lowest BCUT2D eigenvalue weighted by Crippen LogP contribution is -2.55. The van der Waals surface area contributed by atoms with E-state index in [1.165, 1.54) is 26.3 Å². The van der Waals surface area contributed by atoms with Crippen LogP contribution in [0, 0.1) is 6.92 Å². The Morgan fingerprint density at radius 1 is 1.30 bits per heavy atom. The van der Waals surface area contributed by atoms with Crippen LogP contribution < -0.4 is 10.3 Å². The summed E-state index contributed by atoms with van der Waals surface area (Å²) in [6, 6.07) is 6.49. The number of thiophene rings is 1. The molecule has 3 heterocycles. The molecule has 9 heteroatoms. The molecule has 124 valence electrons. The minimum absolute atomic E-state index is 0.146. The molecular formula is C14H15BrN2O4S2. The van der Waals surface area contributed by atoms with Crippen molar-refractivity contribution in [3.63, 3.8) is 0 Å². The Morgan fingerprint density at radius 2 is 2.00 bits per heavy atom. The molecule has 23 heavy (non-hydrogen) atoms. The fraction of sp³-hybridized carbons (Fsp3) is 0.357. The number of sulfonamides is 1. The molecule has 2 aromatic rings. The molecule has 0 bridgehead atoms. The van der Waals surface area contributed by atoms with Gasteiger partial charge >= 0.3 is 0 Å². The summed E-state index contributed by atoms with van der Waals surface area (Å²) in [5.41, 5.74) is 0.645. The van der Waals surface area contributed by atoms with Gasteiger partial charge in [-0.25, -0.2) is 8.42 Å². The lowest BCUT2D eigenvalue weighted by atomic mass is 10.2. The molecular weight excluding hydrogens is 404 g/mol. The van der Waals surface area contributed by atoms with E-state index in [0.29, 0.717) is 9.96 Å². The lowest BCUT2D eigenvalue weighted by Gasteiger charge is -2.37. The third-order valence-electron chi connectivity index (χ3n) is 3.74. The van der Waals surface area contributed by atoms with Gasteiger partial charge in [-0.2, -0.15) is 4.31 Å². The highest BCUT2D eigenvalue weighted by Gasteiger charge is 2.38. The number of halogens is 1. The van der Waals surface area contributed by atoms with E-state index in [4.69, 9.17) is 4.74 Å². The van der Waals surface area contributed by atoms with Gasteiger partial charge in [0.05, 0.1) is 16.9 Å². The van der Waals surface area contributed by atoms with Crippen LogP contribution in [-0.2, 0) is 17.1 Å². The molecule has 6 nitrogen and oxygen atoms in total.